The number of esters is 2. The van der Waals surface area contributed by atoms with Crippen LogP contribution in [0.25, 0.3) is 0 Å². The molecular formula is C21H34O11. The molecule has 5 atom stereocenters. The summed E-state index contributed by atoms with van der Waals surface area (Å²) in [6.45, 7) is 11.8. The summed E-state index contributed by atoms with van der Waals surface area (Å²) >= 11 is 0. The topological polar surface area (TPSA) is 163 Å². The number of ether oxygens (including phenoxy) is 4. The molecule has 0 fully saturated rings. The average molecular weight is 462 g/mol. The number of ketones is 2. The largest absolute Gasteiger partial charge is 0.479 e. The molecule has 0 rings (SSSR count). The highest BCUT2D eigenvalue weighted by Gasteiger charge is 2.40. The van der Waals surface area contributed by atoms with Gasteiger partial charge in [0.2, 0.25) is 11.6 Å². The average Bonchev–Trinajstić information content (AvgIpc) is 2.65. The third-order valence-corrected chi connectivity index (χ3v) is 4.47. The molecule has 0 aliphatic carbocycles. The molecule has 0 aromatic heterocycles. The molecule has 11 nitrogen and oxygen atoms in total. The number of aliphatic hydroxyl groups excluding tert-OH is 1. The van der Waals surface area contributed by atoms with E-state index < -0.39 is 71.2 Å². The fraction of sp³-hybridized carbons (Fsp3) is 0.762. The van der Waals surface area contributed by atoms with Gasteiger partial charge in [-0.25, -0.2) is 14.4 Å². The highest BCUT2D eigenvalue weighted by molar-refractivity contribution is 5.93. The van der Waals surface area contributed by atoms with Crippen molar-refractivity contribution < 1.29 is 53.1 Å². The Hall–Kier alpha value is -2.37. The molecule has 0 saturated carbocycles. The first-order valence-electron chi connectivity index (χ1n) is 10.1. The molecule has 0 aromatic rings. The first kappa shape index (κ1) is 29.6. The molecule has 0 bridgehead atoms. The molecule has 0 saturated heterocycles. The van der Waals surface area contributed by atoms with Crippen LogP contribution >= 0.6 is 0 Å². The first-order chi connectivity index (χ1) is 14.3. The number of Topliss-reactive ketones (excluding diaryl/α,β-unsaturated/α-hetero) is 2. The number of aliphatic carboxylic acids is 1. The van der Waals surface area contributed by atoms with Crippen molar-refractivity contribution in [2.75, 3.05) is 0 Å². The zero-order chi connectivity index (χ0) is 25.6. The van der Waals surface area contributed by atoms with Gasteiger partial charge in [0.25, 0.3) is 0 Å². The van der Waals surface area contributed by atoms with Crippen LogP contribution in [0.3, 0.4) is 0 Å². The number of aliphatic hydroxyl groups is 1. The molecule has 0 aliphatic heterocycles. The Morgan fingerprint density at radius 2 is 0.969 bits per heavy atom. The minimum absolute atomic E-state index is 0.660. The lowest BCUT2D eigenvalue weighted by Gasteiger charge is -2.31. The summed E-state index contributed by atoms with van der Waals surface area (Å²) < 4.78 is 20.7. The predicted octanol–water partition coefficient (Wildman–Crippen LogP) is 0.821. The fourth-order valence-corrected chi connectivity index (χ4v) is 2.73. The Morgan fingerprint density at radius 3 is 1.31 bits per heavy atom. The number of hydrogen-bond donors (Lipinski definition) is 2. The van der Waals surface area contributed by atoms with Crippen molar-refractivity contribution in [1.29, 1.82) is 0 Å². The number of carbonyl (C=O) groups excluding carboxylic acids is 4. The molecule has 0 radical (unpaired) electrons. The van der Waals surface area contributed by atoms with Crippen molar-refractivity contribution in [3.05, 3.63) is 0 Å². The second-order valence-corrected chi connectivity index (χ2v) is 8.44. The standard InChI is InChI=1S/C21H34O11/c1-10(22)18(27)29-11(2)15(23)21(8,9)32-14(5)19(28)30-12(3)16(24)20(6,7)31-13(4)17(25)26/h10-14,22H,1-9H3,(H,25,26). The summed E-state index contributed by atoms with van der Waals surface area (Å²) in [5.74, 6) is -4.50. The number of rotatable bonds is 13. The van der Waals surface area contributed by atoms with Crippen LogP contribution in [0.15, 0.2) is 0 Å². The number of hydrogen-bond acceptors (Lipinski definition) is 10. The lowest BCUT2D eigenvalue weighted by atomic mass is 9.98. The van der Waals surface area contributed by atoms with Gasteiger partial charge in [0, 0.05) is 0 Å². The number of carboxylic acids is 1. The fourth-order valence-electron chi connectivity index (χ4n) is 2.73. The van der Waals surface area contributed by atoms with Gasteiger partial charge in [-0.05, 0) is 62.3 Å². The van der Waals surface area contributed by atoms with E-state index in [0.29, 0.717) is 0 Å². The summed E-state index contributed by atoms with van der Waals surface area (Å²) in [6, 6.07) is 0. The second kappa shape index (κ2) is 11.5. The van der Waals surface area contributed by atoms with Crippen molar-refractivity contribution in [3.8, 4) is 0 Å². The van der Waals surface area contributed by atoms with Crippen LogP contribution in [0.4, 0.5) is 0 Å². The third kappa shape index (κ3) is 8.64. The van der Waals surface area contributed by atoms with E-state index in [2.05, 4.69) is 0 Å². The SMILES string of the molecule is CC(O)C(=O)OC(C)C(=O)C(C)(C)OC(C)C(=O)OC(C)C(=O)C(C)(C)OC(C)C(=O)O. The third-order valence-electron chi connectivity index (χ3n) is 4.47. The minimum atomic E-state index is -1.57. The van der Waals surface area contributed by atoms with E-state index >= 15 is 0 Å². The van der Waals surface area contributed by atoms with E-state index in [4.69, 9.17) is 24.1 Å². The van der Waals surface area contributed by atoms with Gasteiger partial charge >= 0.3 is 17.9 Å². The quantitative estimate of drug-likeness (QED) is 0.372. The molecule has 0 aromatic carbocycles. The lowest BCUT2D eigenvalue weighted by molar-refractivity contribution is -0.185. The maximum atomic E-state index is 12.6. The summed E-state index contributed by atoms with van der Waals surface area (Å²) in [5.41, 5.74) is -3.11. The van der Waals surface area contributed by atoms with Crippen LogP contribution in [-0.4, -0.2) is 81.4 Å². The van der Waals surface area contributed by atoms with Gasteiger partial charge in [-0.15, -0.1) is 0 Å². The highest BCUT2D eigenvalue weighted by Crippen LogP contribution is 2.21. The molecular weight excluding hydrogens is 428 g/mol. The van der Waals surface area contributed by atoms with E-state index in [-0.39, 0.29) is 0 Å². The molecule has 0 spiro atoms. The van der Waals surface area contributed by atoms with Crippen LogP contribution in [0.1, 0.15) is 62.3 Å². The molecule has 0 heterocycles. The van der Waals surface area contributed by atoms with Gasteiger partial charge in [0.05, 0.1) is 0 Å². The molecule has 11 heteroatoms. The highest BCUT2D eigenvalue weighted by atomic mass is 16.6. The van der Waals surface area contributed by atoms with Gasteiger partial charge in [-0.1, -0.05) is 0 Å². The van der Waals surface area contributed by atoms with Crippen LogP contribution < -0.4 is 0 Å². The van der Waals surface area contributed by atoms with E-state index in [1.807, 2.05) is 0 Å². The minimum Gasteiger partial charge on any atom is -0.479 e. The van der Waals surface area contributed by atoms with E-state index in [1.54, 1.807) is 0 Å². The van der Waals surface area contributed by atoms with Crippen LogP contribution in [-0.2, 0) is 42.9 Å². The van der Waals surface area contributed by atoms with Gasteiger partial charge in [-0.2, -0.15) is 0 Å². The zero-order valence-electron chi connectivity index (χ0n) is 20.0. The zero-order valence-corrected chi connectivity index (χ0v) is 20.0. The normalized spacial score (nSPS) is 16.8. The van der Waals surface area contributed by atoms with Crippen LogP contribution in [0.5, 0.6) is 0 Å². The Bertz CT molecular complexity index is 723. The Balaban J connectivity index is 5.06. The van der Waals surface area contributed by atoms with Crippen molar-refractivity contribution in [1.82, 2.24) is 0 Å². The van der Waals surface area contributed by atoms with Crippen molar-refractivity contribution >= 4 is 29.5 Å². The van der Waals surface area contributed by atoms with E-state index in [0.717, 1.165) is 0 Å². The number of carbonyl (C=O) groups is 5. The summed E-state index contributed by atoms with van der Waals surface area (Å²) in [5, 5.41) is 18.1. The van der Waals surface area contributed by atoms with Crippen LogP contribution in [0.2, 0.25) is 0 Å². The first-order valence-corrected chi connectivity index (χ1v) is 10.1. The van der Waals surface area contributed by atoms with E-state index in [1.165, 1.54) is 62.3 Å². The van der Waals surface area contributed by atoms with Crippen molar-refractivity contribution in [2.24, 2.45) is 0 Å². The van der Waals surface area contributed by atoms with Crippen molar-refractivity contribution in [3.63, 3.8) is 0 Å². The summed E-state index contributed by atoms with van der Waals surface area (Å²) in [7, 11) is 0. The van der Waals surface area contributed by atoms with Gasteiger partial charge in [0.15, 0.2) is 24.4 Å². The van der Waals surface area contributed by atoms with Gasteiger partial charge in [0.1, 0.15) is 17.3 Å². The Kier molecular flexibility index (Phi) is 10.6. The summed E-state index contributed by atoms with van der Waals surface area (Å²) in [6.07, 6.45) is -6.46. The van der Waals surface area contributed by atoms with Gasteiger partial charge < -0.3 is 29.2 Å². The second-order valence-electron chi connectivity index (χ2n) is 8.44. The monoisotopic (exact) mass is 462 g/mol. The molecule has 0 aliphatic rings. The van der Waals surface area contributed by atoms with E-state index in [9.17, 15) is 29.1 Å². The Labute approximate surface area is 187 Å². The maximum Gasteiger partial charge on any atom is 0.335 e. The predicted molar refractivity (Wildman–Crippen MR) is 110 cm³/mol. The van der Waals surface area contributed by atoms with Crippen LogP contribution in [0, 0.1) is 0 Å². The summed E-state index contributed by atoms with van der Waals surface area (Å²) in [4.78, 5) is 59.9. The molecule has 32 heavy (non-hydrogen) atoms. The molecule has 184 valence electrons. The van der Waals surface area contributed by atoms with Crippen molar-refractivity contribution in [2.45, 2.75) is 104 Å². The number of carboxylic acid groups (broad SMARTS) is 1. The molecule has 2 N–H and O–H groups in total. The lowest BCUT2D eigenvalue weighted by Crippen LogP contribution is -2.49. The molecule has 5 unspecified atom stereocenters. The van der Waals surface area contributed by atoms with Gasteiger partial charge in [-0.3, -0.25) is 9.59 Å². The molecule has 0 amide bonds. The maximum absolute atomic E-state index is 12.6. The smallest absolute Gasteiger partial charge is 0.335 e. The Morgan fingerprint density at radius 1 is 0.625 bits per heavy atom.